The maximum Gasteiger partial charge on any atom is 0.306 e. The van der Waals surface area contributed by atoms with Gasteiger partial charge in [-0.05, 0) is 31.6 Å². The Balaban J connectivity index is 2.14. The first-order chi connectivity index (χ1) is 7.56. The van der Waals surface area contributed by atoms with Crippen molar-refractivity contribution in [3.05, 3.63) is 0 Å². The molecular formula is C12H23NO3. The molecule has 0 radical (unpaired) electrons. The molecule has 0 aromatic rings. The van der Waals surface area contributed by atoms with Gasteiger partial charge in [-0.3, -0.25) is 4.79 Å². The van der Waals surface area contributed by atoms with Gasteiger partial charge in [-0.15, -0.1) is 0 Å². The van der Waals surface area contributed by atoms with E-state index in [0.29, 0.717) is 19.5 Å². The molecule has 1 fully saturated rings. The van der Waals surface area contributed by atoms with Crippen LogP contribution in [-0.4, -0.2) is 36.9 Å². The molecule has 1 aliphatic carbocycles. The first kappa shape index (κ1) is 13.5. The average molecular weight is 229 g/mol. The van der Waals surface area contributed by atoms with Gasteiger partial charge >= 0.3 is 5.97 Å². The maximum absolute atomic E-state index is 10.9. The highest BCUT2D eigenvalue weighted by atomic mass is 16.5. The summed E-state index contributed by atoms with van der Waals surface area (Å²) in [5.74, 6) is 0.520. The van der Waals surface area contributed by atoms with E-state index in [2.05, 4.69) is 17.0 Å². The van der Waals surface area contributed by atoms with Gasteiger partial charge in [-0.25, -0.2) is 0 Å². The molecule has 0 saturated heterocycles. The van der Waals surface area contributed by atoms with Crippen molar-refractivity contribution in [3.63, 3.8) is 0 Å². The molecule has 2 N–H and O–H groups in total. The van der Waals surface area contributed by atoms with Gasteiger partial charge in [0.05, 0.1) is 19.1 Å². The molecular weight excluding hydrogens is 206 g/mol. The van der Waals surface area contributed by atoms with Crippen LogP contribution in [-0.2, 0) is 9.53 Å². The van der Waals surface area contributed by atoms with Gasteiger partial charge in [0.1, 0.15) is 0 Å². The minimum absolute atomic E-state index is 0.211. The lowest BCUT2D eigenvalue weighted by Crippen LogP contribution is -2.43. The second-order valence-corrected chi connectivity index (χ2v) is 4.91. The summed E-state index contributed by atoms with van der Waals surface area (Å²) in [6.07, 6.45) is 4.27. The third-order valence-electron chi connectivity index (χ3n) is 3.39. The molecule has 0 aromatic heterocycles. The summed E-state index contributed by atoms with van der Waals surface area (Å²) in [7, 11) is 1.39. The molecule has 0 atom stereocenters. The van der Waals surface area contributed by atoms with Gasteiger partial charge in [0.15, 0.2) is 0 Å². The molecule has 0 aliphatic heterocycles. The Hall–Kier alpha value is -0.610. The Morgan fingerprint density at radius 2 is 2.12 bits per heavy atom. The minimum atomic E-state index is -0.567. The molecule has 0 heterocycles. The summed E-state index contributed by atoms with van der Waals surface area (Å²) in [5.41, 5.74) is -0.567. The van der Waals surface area contributed by atoms with Crippen molar-refractivity contribution < 1.29 is 14.6 Å². The quantitative estimate of drug-likeness (QED) is 0.547. The van der Waals surface area contributed by atoms with Crippen LogP contribution in [0.4, 0.5) is 0 Å². The van der Waals surface area contributed by atoms with Crippen LogP contribution in [0, 0.1) is 5.92 Å². The number of hydrogen-bond donors (Lipinski definition) is 2. The Bertz CT molecular complexity index is 222. The molecule has 1 aliphatic rings. The molecule has 0 amide bonds. The molecule has 0 unspecified atom stereocenters. The summed E-state index contributed by atoms with van der Waals surface area (Å²) in [6, 6.07) is 0. The summed E-state index contributed by atoms with van der Waals surface area (Å²) >= 11 is 0. The predicted octanol–water partition coefficient (Wildman–Crippen LogP) is 1.08. The van der Waals surface area contributed by atoms with Crippen LogP contribution in [0.1, 0.15) is 39.0 Å². The van der Waals surface area contributed by atoms with Crippen LogP contribution < -0.4 is 5.32 Å². The fourth-order valence-corrected chi connectivity index (χ4v) is 2.09. The topological polar surface area (TPSA) is 58.6 Å². The van der Waals surface area contributed by atoms with Crippen LogP contribution in [0.15, 0.2) is 0 Å². The van der Waals surface area contributed by atoms with Crippen LogP contribution in [0.2, 0.25) is 0 Å². The van der Waals surface area contributed by atoms with E-state index in [-0.39, 0.29) is 5.97 Å². The molecule has 16 heavy (non-hydrogen) atoms. The molecule has 1 rings (SSSR count). The highest BCUT2D eigenvalue weighted by molar-refractivity contribution is 5.69. The van der Waals surface area contributed by atoms with Crippen molar-refractivity contribution in [2.24, 2.45) is 5.92 Å². The number of hydrogen-bond acceptors (Lipinski definition) is 4. The van der Waals surface area contributed by atoms with Crippen molar-refractivity contribution in [3.8, 4) is 0 Å². The monoisotopic (exact) mass is 229 g/mol. The normalized spacial score (nSPS) is 30.1. The SMILES string of the molecule is COC(=O)CCNCC1(O)CCC(C)CC1. The molecule has 1 saturated carbocycles. The second-order valence-electron chi connectivity index (χ2n) is 4.91. The van der Waals surface area contributed by atoms with Crippen molar-refractivity contribution in [2.45, 2.75) is 44.6 Å². The highest BCUT2D eigenvalue weighted by Gasteiger charge is 2.31. The van der Waals surface area contributed by atoms with E-state index in [4.69, 9.17) is 0 Å². The predicted molar refractivity (Wildman–Crippen MR) is 62.1 cm³/mol. The van der Waals surface area contributed by atoms with Gasteiger partial charge < -0.3 is 15.2 Å². The molecule has 0 aromatic carbocycles. The third kappa shape index (κ3) is 4.49. The van der Waals surface area contributed by atoms with Gasteiger partial charge in [-0.2, -0.15) is 0 Å². The largest absolute Gasteiger partial charge is 0.469 e. The van der Waals surface area contributed by atoms with E-state index < -0.39 is 5.60 Å². The van der Waals surface area contributed by atoms with Crippen molar-refractivity contribution >= 4 is 5.97 Å². The van der Waals surface area contributed by atoms with Gasteiger partial charge in [-0.1, -0.05) is 6.92 Å². The van der Waals surface area contributed by atoms with E-state index in [1.807, 2.05) is 0 Å². The number of carbonyl (C=O) groups is 1. The third-order valence-corrected chi connectivity index (χ3v) is 3.39. The number of ether oxygens (including phenoxy) is 1. The first-order valence-electron chi connectivity index (χ1n) is 6.06. The Morgan fingerprint density at radius 3 is 2.69 bits per heavy atom. The minimum Gasteiger partial charge on any atom is -0.469 e. The van der Waals surface area contributed by atoms with Crippen molar-refractivity contribution in [1.82, 2.24) is 5.32 Å². The number of methoxy groups -OCH3 is 1. The maximum atomic E-state index is 10.9. The number of esters is 1. The fourth-order valence-electron chi connectivity index (χ4n) is 2.09. The first-order valence-corrected chi connectivity index (χ1v) is 6.06. The van der Waals surface area contributed by atoms with Crippen molar-refractivity contribution in [2.75, 3.05) is 20.2 Å². The van der Waals surface area contributed by atoms with Gasteiger partial charge in [0, 0.05) is 13.1 Å². The zero-order chi connectivity index (χ0) is 12.0. The summed E-state index contributed by atoms with van der Waals surface area (Å²) in [4.78, 5) is 10.9. The van der Waals surface area contributed by atoms with Crippen LogP contribution in [0.3, 0.4) is 0 Å². The Morgan fingerprint density at radius 1 is 1.50 bits per heavy atom. The second kappa shape index (κ2) is 6.21. The van der Waals surface area contributed by atoms with Gasteiger partial charge in [0.2, 0.25) is 0 Å². The summed E-state index contributed by atoms with van der Waals surface area (Å²) in [6.45, 7) is 3.38. The Kier molecular flexibility index (Phi) is 5.22. The standard InChI is InChI=1S/C12H23NO3/c1-10-3-6-12(15,7-4-10)9-13-8-5-11(14)16-2/h10,13,15H,3-9H2,1-2H3. The number of rotatable bonds is 5. The van der Waals surface area contributed by atoms with E-state index >= 15 is 0 Å². The van der Waals surface area contributed by atoms with Crippen LogP contribution in [0.5, 0.6) is 0 Å². The summed E-state index contributed by atoms with van der Waals surface area (Å²) in [5, 5.41) is 13.4. The molecule has 94 valence electrons. The van der Waals surface area contributed by atoms with E-state index in [1.54, 1.807) is 0 Å². The molecule has 4 heteroatoms. The van der Waals surface area contributed by atoms with Gasteiger partial charge in [0.25, 0.3) is 0 Å². The molecule has 0 spiro atoms. The summed E-state index contributed by atoms with van der Waals surface area (Å²) < 4.78 is 4.54. The molecule has 0 bridgehead atoms. The van der Waals surface area contributed by atoms with E-state index in [9.17, 15) is 9.90 Å². The Labute approximate surface area is 97.4 Å². The lowest BCUT2D eigenvalue weighted by atomic mass is 9.79. The number of nitrogens with one attached hydrogen (secondary N) is 1. The lowest BCUT2D eigenvalue weighted by Gasteiger charge is -2.35. The smallest absolute Gasteiger partial charge is 0.306 e. The fraction of sp³-hybridized carbons (Fsp3) is 0.917. The zero-order valence-corrected chi connectivity index (χ0v) is 10.3. The van der Waals surface area contributed by atoms with Crippen molar-refractivity contribution in [1.29, 1.82) is 0 Å². The van der Waals surface area contributed by atoms with E-state index in [1.165, 1.54) is 7.11 Å². The van der Waals surface area contributed by atoms with E-state index in [0.717, 1.165) is 31.6 Å². The zero-order valence-electron chi connectivity index (χ0n) is 10.3. The number of carbonyl (C=O) groups excluding carboxylic acids is 1. The number of aliphatic hydroxyl groups is 1. The van der Waals surface area contributed by atoms with Crippen LogP contribution >= 0.6 is 0 Å². The molecule has 4 nitrogen and oxygen atoms in total. The lowest BCUT2D eigenvalue weighted by molar-refractivity contribution is -0.140. The van der Waals surface area contributed by atoms with Crippen LogP contribution in [0.25, 0.3) is 0 Å². The average Bonchev–Trinajstić information content (AvgIpc) is 2.29. The highest BCUT2D eigenvalue weighted by Crippen LogP contribution is 2.31.